The third-order valence-electron chi connectivity index (χ3n) is 19.7. The van der Waals surface area contributed by atoms with E-state index in [1.54, 1.807) is 13.6 Å². The number of rotatable bonds is 79. The summed E-state index contributed by atoms with van der Waals surface area (Å²) >= 11 is 0. The van der Waals surface area contributed by atoms with E-state index in [0.29, 0.717) is 64.2 Å². The predicted octanol–water partition coefficient (Wildman–Crippen LogP) is 6.80. The number of hydrogen-bond acceptors (Lipinski definition) is 33. The Morgan fingerprint density at radius 1 is 0.354 bits per heavy atom. The molecule has 0 heterocycles. The van der Waals surface area contributed by atoms with E-state index in [9.17, 15) is 86.7 Å². The molecule has 0 fully saturated rings. The van der Waals surface area contributed by atoms with Crippen LogP contribution in [0.5, 0.6) is 0 Å². The van der Waals surface area contributed by atoms with Gasteiger partial charge in [0.2, 0.25) is 24.0 Å². The standard InChI is InChI=1S/C85H149B4N9O29/c1-61(99)117-59-72(120-63(3)101)78(122-65(5)103)80(124-67(7)105)82(126-69(9)107)84(112)92-52-54-98(55-53-93-85(113)83(127-70(10)108)81(125-68(8)106)79(123-66(6)104)73(121-64(4)102)60-118-62(2)100)77(111)47-46-76(110)91-49-38-32-29-27-25-23-21-19-17-15-13-14-16-18-20-22-24-26-28-30-36-45-75(109)90-48-39-33-31-35-43-71(57-94-74(86-114)44-37-41-51-97-89(12)116)58-95-87-119-56-42-34-40-50-96-88(11)115/h71-73,78-83,96-97,115-116H,13-60H2,1-12H3,(H,90,109)(H,91,110)(H,92,112)(H,93,113)/t71?,72-,73+,78+,79-,80-,81+,82+,83-. The minimum atomic E-state index is -2.21. The molecule has 0 saturated heterocycles. The molecule has 42 heteroatoms. The Hall–Kier alpha value is -8.78. The molecule has 38 nitrogen and oxygen atoms in total. The Morgan fingerprint density at radius 2 is 0.693 bits per heavy atom. The van der Waals surface area contributed by atoms with Crippen LogP contribution in [-0.4, -0.2) is 272 Å². The van der Waals surface area contributed by atoms with E-state index >= 15 is 0 Å². The summed E-state index contributed by atoms with van der Waals surface area (Å²) in [5.74, 6) is -13.8. The van der Waals surface area contributed by atoms with Gasteiger partial charge in [-0.15, -0.1) is 0 Å². The van der Waals surface area contributed by atoms with Crippen molar-refractivity contribution in [2.24, 2.45) is 15.8 Å². The first-order valence-corrected chi connectivity index (χ1v) is 45.5. The van der Waals surface area contributed by atoms with Gasteiger partial charge in [-0.3, -0.25) is 67.1 Å². The number of esters is 10. The van der Waals surface area contributed by atoms with Crippen molar-refractivity contribution in [1.29, 1.82) is 0 Å². The first kappa shape index (κ1) is 118. The molecule has 0 aliphatic heterocycles. The number of unbranched alkanes of at least 4 members (excludes halogenated alkanes) is 26. The van der Waals surface area contributed by atoms with Crippen LogP contribution >= 0.6 is 0 Å². The van der Waals surface area contributed by atoms with Crippen molar-refractivity contribution in [2.75, 3.05) is 85.3 Å². The van der Waals surface area contributed by atoms with Crippen LogP contribution in [0.1, 0.15) is 294 Å². The first-order valence-electron chi connectivity index (χ1n) is 45.5. The number of nitrogens with zero attached hydrogens (tertiary/aromatic N) is 3. The van der Waals surface area contributed by atoms with Gasteiger partial charge in [-0.2, -0.15) is 0 Å². The second kappa shape index (κ2) is 76.1. The van der Waals surface area contributed by atoms with Gasteiger partial charge >= 0.3 is 286 Å². The average Bonchev–Trinajstić information content (AvgIpc) is 0.822. The van der Waals surface area contributed by atoms with Crippen LogP contribution in [0.15, 0.2) is 9.89 Å². The molecule has 127 heavy (non-hydrogen) atoms. The van der Waals surface area contributed by atoms with Gasteiger partial charge in [0.25, 0.3) is 11.8 Å². The fraction of sp³-hybridized carbons (Fsp3) is 0.812. The van der Waals surface area contributed by atoms with Crippen molar-refractivity contribution in [3.05, 3.63) is 0 Å². The van der Waals surface area contributed by atoms with Gasteiger partial charge in [0, 0.05) is 115 Å². The molecule has 0 radical (unpaired) electrons. The zero-order chi connectivity index (χ0) is 95.0. The number of aliphatic imine (C=N–C) groups is 1. The molecule has 720 valence electrons. The third kappa shape index (κ3) is 68.1. The maximum atomic E-state index is 14.2. The number of nitrogens with one attached hydrogen (secondary N) is 6. The summed E-state index contributed by atoms with van der Waals surface area (Å²) < 4.78 is 70.1. The van der Waals surface area contributed by atoms with E-state index < -0.39 is 192 Å². The fourth-order valence-corrected chi connectivity index (χ4v) is 13.6. The monoisotopic (exact) mass is 1800 g/mol. The number of hydrogen-bond donors (Lipinski definition) is 8. The molecular formula is C85H149B4N9O29. The summed E-state index contributed by atoms with van der Waals surface area (Å²) in [7, 11) is 1.30. The van der Waals surface area contributed by atoms with Crippen molar-refractivity contribution in [3.63, 3.8) is 0 Å². The Kier molecular flexibility index (Phi) is 70.9. The zero-order valence-electron chi connectivity index (χ0n) is 77.7. The summed E-state index contributed by atoms with van der Waals surface area (Å²) in [4.78, 5) is 202. The Balaban J connectivity index is 5.28. The molecule has 0 aliphatic rings. The molecule has 0 aromatic heterocycles. The van der Waals surface area contributed by atoms with Gasteiger partial charge in [0.1, 0.15) is 13.2 Å². The maximum absolute atomic E-state index is 14.2. The Bertz CT molecular complexity index is 3160. The summed E-state index contributed by atoms with van der Waals surface area (Å²) in [5, 5.41) is 35.5. The van der Waals surface area contributed by atoms with Crippen molar-refractivity contribution >= 4 is 123 Å². The second-order valence-electron chi connectivity index (χ2n) is 31.7. The molecule has 9 atom stereocenters. The van der Waals surface area contributed by atoms with Gasteiger partial charge in [0.15, 0.2) is 36.6 Å². The molecule has 0 rings (SSSR count). The van der Waals surface area contributed by atoms with Crippen LogP contribution in [0.3, 0.4) is 0 Å². The fourth-order valence-electron chi connectivity index (χ4n) is 13.6. The summed E-state index contributed by atoms with van der Waals surface area (Å²) in [6.07, 6.45) is 17.5. The van der Waals surface area contributed by atoms with Gasteiger partial charge < -0.3 is 68.2 Å². The molecule has 0 aromatic carbocycles. The van der Waals surface area contributed by atoms with Gasteiger partial charge in [-0.05, 0) is 12.8 Å². The van der Waals surface area contributed by atoms with E-state index in [-0.39, 0.29) is 18.2 Å². The average molecular weight is 1800 g/mol. The molecule has 1 unspecified atom stereocenters. The summed E-state index contributed by atoms with van der Waals surface area (Å²) in [6, 6.07) is 0. The van der Waals surface area contributed by atoms with Crippen LogP contribution in [0.25, 0.3) is 0 Å². The minimum absolute atomic E-state index is 0.125. The van der Waals surface area contributed by atoms with Crippen LogP contribution in [0.2, 0.25) is 13.6 Å². The predicted molar refractivity (Wildman–Crippen MR) is 473 cm³/mol. The molecule has 0 aromatic rings. The van der Waals surface area contributed by atoms with E-state index in [1.807, 2.05) is 0 Å². The van der Waals surface area contributed by atoms with E-state index in [0.717, 1.165) is 203 Å². The molecule has 0 spiro atoms. The van der Waals surface area contributed by atoms with Crippen molar-refractivity contribution in [3.8, 4) is 0 Å². The van der Waals surface area contributed by atoms with E-state index in [4.69, 9.17) is 52.0 Å². The summed E-state index contributed by atoms with van der Waals surface area (Å²) in [5.41, 5.74) is 0.555. The van der Waals surface area contributed by atoms with E-state index in [1.165, 1.54) is 84.3 Å². The quantitative estimate of drug-likeness (QED) is 0.0102. The molecule has 5 amide bonds. The zero-order valence-corrected chi connectivity index (χ0v) is 77.7. The third-order valence-corrected chi connectivity index (χ3v) is 19.7. The summed E-state index contributed by atoms with van der Waals surface area (Å²) in [6.45, 7) is 13.2. The topological polar surface area (TPSA) is 515 Å². The van der Waals surface area contributed by atoms with Gasteiger partial charge in [-0.1, -0.05) is 122 Å². The Labute approximate surface area is 752 Å². The second-order valence-corrected chi connectivity index (χ2v) is 31.7. The molecular weight excluding hydrogens is 1650 g/mol. The van der Waals surface area contributed by atoms with Crippen LogP contribution in [0.4, 0.5) is 0 Å². The first-order chi connectivity index (χ1) is 60.6. The SMILES string of the molecule is CB(O)NCCCCCOB=NCC(CCCCCCNC(=O)CCCCCCCCCCCCCCCCCCCCCCCNC(=O)CCC(=O)N(CCNC(=O)[C@@H](OC(C)=O)[C@H](OC(C)=O)[C@@H](OC(C)=O)[C@@H](COC(C)=O)OC(C)=O)CCNC(=O)[C@H](OC(C)=O)[C@@H](OC(C)=O)[C@H](OC(C)=O)[C@H](COC(C)=O)OC(C)=O)CN=C(B=O)CCCCNB(C)O. The molecule has 0 aliphatic carbocycles. The van der Waals surface area contributed by atoms with Crippen molar-refractivity contribution in [1.82, 2.24) is 36.6 Å². The van der Waals surface area contributed by atoms with Gasteiger partial charge in [-0.25, -0.2) is 0 Å². The Morgan fingerprint density at radius 3 is 1.07 bits per heavy atom. The number of carbonyl (C=O) groups is 15. The van der Waals surface area contributed by atoms with Crippen LogP contribution in [0, 0.1) is 5.92 Å². The van der Waals surface area contributed by atoms with Crippen molar-refractivity contribution < 1.29 is 139 Å². The van der Waals surface area contributed by atoms with Gasteiger partial charge in [0.05, 0.1) is 0 Å². The van der Waals surface area contributed by atoms with Crippen molar-refractivity contribution in [2.45, 2.75) is 356 Å². The van der Waals surface area contributed by atoms with Crippen LogP contribution in [-0.2, 0) is 129 Å². The molecule has 0 bridgehead atoms. The molecule has 0 saturated carbocycles. The normalized spacial score (nSPS) is 13.3. The molecule has 8 N–H and O–H groups in total. The number of ether oxygens (including phenoxy) is 10. The number of amides is 5. The number of carbonyl (C=O) groups excluding carboxylic acids is 15. The van der Waals surface area contributed by atoms with Crippen LogP contribution < -0.4 is 31.7 Å². The van der Waals surface area contributed by atoms with E-state index in [2.05, 4.69) is 41.6 Å².